The minimum atomic E-state index is 0.812. The molecule has 0 atom stereocenters. The van der Waals surface area contributed by atoms with Gasteiger partial charge in [-0.3, -0.25) is 9.47 Å². The van der Waals surface area contributed by atoms with Crippen molar-refractivity contribution in [2.75, 3.05) is 5.88 Å². The minimum Gasteiger partial charge on any atom is -0.288 e. The van der Waals surface area contributed by atoms with Crippen LogP contribution in [0.5, 0.6) is 0 Å². The van der Waals surface area contributed by atoms with Gasteiger partial charge in [-0.1, -0.05) is 70.2 Å². The Bertz CT molecular complexity index is 818. The maximum Gasteiger partial charge on any atom is 0.193 e. The van der Waals surface area contributed by atoms with Crippen molar-refractivity contribution in [1.29, 1.82) is 0 Å². The lowest BCUT2D eigenvalue weighted by Gasteiger charge is -2.27. The highest BCUT2D eigenvalue weighted by Crippen LogP contribution is 2.30. The molecule has 0 fully saturated rings. The van der Waals surface area contributed by atoms with Crippen molar-refractivity contribution < 1.29 is 0 Å². The predicted molar refractivity (Wildman–Crippen MR) is 95.9 cm³/mol. The zero-order valence-electron chi connectivity index (χ0n) is 12.4. The molecule has 0 saturated carbocycles. The topological polar surface area (TPSA) is 34.0 Å². The van der Waals surface area contributed by atoms with Crippen LogP contribution in [0.4, 0.5) is 0 Å². The maximum atomic E-state index is 4.40. The van der Waals surface area contributed by atoms with Crippen LogP contribution >= 0.6 is 27.7 Å². The molecule has 6 heteroatoms. The number of thioether (sulfide) groups is 1. The van der Waals surface area contributed by atoms with Crippen molar-refractivity contribution in [3.8, 4) is 11.4 Å². The Labute approximate surface area is 147 Å². The van der Waals surface area contributed by atoms with E-state index in [9.17, 15) is 0 Å². The number of benzene rings is 2. The van der Waals surface area contributed by atoms with Crippen LogP contribution in [0.15, 0.2) is 64.2 Å². The monoisotopic (exact) mass is 386 g/mol. The van der Waals surface area contributed by atoms with Crippen LogP contribution < -0.4 is 0 Å². The molecular weight excluding hydrogens is 372 g/mol. The lowest BCUT2D eigenvalue weighted by molar-refractivity contribution is 0.231. The number of fused-ring (bicyclic) bond motifs is 1. The molecule has 0 radical (unpaired) electrons. The van der Waals surface area contributed by atoms with Crippen molar-refractivity contribution in [3.05, 3.63) is 64.6 Å². The third-order valence-corrected chi connectivity index (χ3v) is 5.31. The van der Waals surface area contributed by atoms with E-state index in [2.05, 4.69) is 78.1 Å². The highest BCUT2D eigenvalue weighted by Gasteiger charge is 2.22. The molecule has 0 N–H and O–H groups in total. The van der Waals surface area contributed by atoms with E-state index in [1.165, 1.54) is 5.56 Å². The van der Waals surface area contributed by atoms with Crippen LogP contribution in [0.1, 0.15) is 5.56 Å². The van der Waals surface area contributed by atoms with E-state index in [0.717, 1.165) is 40.1 Å². The first-order chi connectivity index (χ1) is 11.3. The van der Waals surface area contributed by atoms with E-state index in [4.69, 9.17) is 0 Å². The maximum absolute atomic E-state index is 4.40. The predicted octanol–water partition coefficient (Wildman–Crippen LogP) is 4.23. The van der Waals surface area contributed by atoms with Gasteiger partial charge in [0, 0.05) is 16.6 Å². The number of hydrogen-bond acceptors (Lipinski definition) is 4. The Hall–Kier alpha value is -1.63. The third kappa shape index (κ3) is 3.20. The van der Waals surface area contributed by atoms with Gasteiger partial charge in [0.15, 0.2) is 11.0 Å². The summed E-state index contributed by atoms with van der Waals surface area (Å²) in [7, 11) is 0. The number of halogens is 1. The molecule has 0 saturated heterocycles. The average Bonchev–Trinajstić information content (AvgIpc) is 2.99. The molecule has 0 bridgehead atoms. The normalized spacial score (nSPS) is 14.7. The molecule has 0 aliphatic carbocycles. The molecule has 2 heterocycles. The fourth-order valence-electron chi connectivity index (χ4n) is 2.69. The third-order valence-electron chi connectivity index (χ3n) is 3.77. The van der Waals surface area contributed by atoms with Gasteiger partial charge < -0.3 is 0 Å². The number of aromatic nitrogens is 3. The van der Waals surface area contributed by atoms with Gasteiger partial charge >= 0.3 is 0 Å². The van der Waals surface area contributed by atoms with Gasteiger partial charge in [-0.15, -0.1) is 10.2 Å². The molecular formula is C17H15BrN4S. The molecule has 1 aliphatic rings. The van der Waals surface area contributed by atoms with Crippen molar-refractivity contribution in [2.45, 2.75) is 18.4 Å². The Morgan fingerprint density at radius 1 is 1.04 bits per heavy atom. The van der Waals surface area contributed by atoms with Gasteiger partial charge in [-0.05, 0) is 17.7 Å². The summed E-state index contributed by atoms with van der Waals surface area (Å²) in [6.45, 7) is 1.75. The summed E-state index contributed by atoms with van der Waals surface area (Å²) in [5.74, 6) is 1.86. The SMILES string of the molecule is Brc1cccc(-c2nnc3n2CN(Cc2ccccc2)CS3)c1. The number of nitrogens with zero attached hydrogens (tertiary/aromatic N) is 4. The Morgan fingerprint density at radius 3 is 2.74 bits per heavy atom. The van der Waals surface area contributed by atoms with Gasteiger partial charge in [0.2, 0.25) is 0 Å². The molecule has 4 nitrogen and oxygen atoms in total. The van der Waals surface area contributed by atoms with Gasteiger partial charge in [-0.25, -0.2) is 0 Å². The Morgan fingerprint density at radius 2 is 1.91 bits per heavy atom. The fourth-order valence-corrected chi connectivity index (χ4v) is 3.96. The lowest BCUT2D eigenvalue weighted by Crippen LogP contribution is -2.30. The van der Waals surface area contributed by atoms with Crippen molar-refractivity contribution in [2.24, 2.45) is 0 Å². The van der Waals surface area contributed by atoms with Crippen LogP contribution in [-0.2, 0) is 13.2 Å². The molecule has 1 aromatic heterocycles. The smallest absolute Gasteiger partial charge is 0.193 e. The molecule has 4 rings (SSSR count). The van der Waals surface area contributed by atoms with Gasteiger partial charge in [0.05, 0.1) is 12.5 Å². The zero-order chi connectivity index (χ0) is 15.6. The highest BCUT2D eigenvalue weighted by atomic mass is 79.9. The summed E-state index contributed by atoms with van der Waals surface area (Å²) in [6.07, 6.45) is 0. The average molecular weight is 387 g/mol. The van der Waals surface area contributed by atoms with E-state index >= 15 is 0 Å². The number of hydrogen-bond donors (Lipinski definition) is 0. The fraction of sp³-hybridized carbons (Fsp3) is 0.176. The molecule has 1 aliphatic heterocycles. The summed E-state index contributed by atoms with van der Waals surface area (Å²) < 4.78 is 3.25. The molecule has 116 valence electrons. The Kier molecular flexibility index (Phi) is 4.20. The van der Waals surface area contributed by atoms with Gasteiger partial charge in [-0.2, -0.15) is 0 Å². The van der Waals surface area contributed by atoms with E-state index in [-0.39, 0.29) is 0 Å². The molecule has 0 unspecified atom stereocenters. The first-order valence-electron chi connectivity index (χ1n) is 7.38. The second kappa shape index (κ2) is 6.47. The number of rotatable bonds is 3. The molecule has 2 aromatic carbocycles. The van der Waals surface area contributed by atoms with Crippen LogP contribution in [-0.4, -0.2) is 25.5 Å². The molecule has 0 spiro atoms. The van der Waals surface area contributed by atoms with Crippen molar-refractivity contribution >= 4 is 27.7 Å². The largest absolute Gasteiger partial charge is 0.288 e. The van der Waals surface area contributed by atoms with Crippen LogP contribution in [0.25, 0.3) is 11.4 Å². The summed E-state index contributed by atoms with van der Waals surface area (Å²) in [5.41, 5.74) is 2.41. The minimum absolute atomic E-state index is 0.812. The summed E-state index contributed by atoms with van der Waals surface area (Å²) >= 11 is 5.27. The van der Waals surface area contributed by atoms with E-state index in [1.807, 2.05) is 12.1 Å². The Balaban J connectivity index is 1.60. The second-order valence-corrected chi connectivity index (χ2v) is 7.30. The first kappa shape index (κ1) is 14.9. The standard InChI is InChI=1S/C17H15BrN4S/c18-15-8-4-7-14(9-15)16-19-20-17-22(16)11-21(12-23-17)10-13-5-2-1-3-6-13/h1-9H,10-12H2. The molecule has 0 amide bonds. The van der Waals surface area contributed by atoms with E-state index in [0.29, 0.717) is 0 Å². The summed E-state index contributed by atoms with van der Waals surface area (Å²) in [6, 6.07) is 18.8. The van der Waals surface area contributed by atoms with E-state index < -0.39 is 0 Å². The highest BCUT2D eigenvalue weighted by molar-refractivity contribution is 9.10. The van der Waals surface area contributed by atoms with E-state index in [1.54, 1.807) is 11.8 Å². The summed E-state index contributed by atoms with van der Waals surface area (Å²) in [5, 5.41) is 9.72. The zero-order valence-corrected chi connectivity index (χ0v) is 14.8. The summed E-state index contributed by atoms with van der Waals surface area (Å²) in [4.78, 5) is 2.40. The quantitative estimate of drug-likeness (QED) is 0.674. The van der Waals surface area contributed by atoms with Gasteiger partial charge in [0.25, 0.3) is 0 Å². The second-order valence-electron chi connectivity index (χ2n) is 5.47. The van der Waals surface area contributed by atoms with Crippen molar-refractivity contribution in [1.82, 2.24) is 19.7 Å². The first-order valence-corrected chi connectivity index (χ1v) is 9.16. The van der Waals surface area contributed by atoms with Crippen LogP contribution in [0.3, 0.4) is 0 Å². The van der Waals surface area contributed by atoms with Crippen molar-refractivity contribution in [3.63, 3.8) is 0 Å². The molecule has 23 heavy (non-hydrogen) atoms. The van der Waals surface area contributed by atoms with Crippen LogP contribution in [0.2, 0.25) is 0 Å². The van der Waals surface area contributed by atoms with Crippen LogP contribution in [0, 0.1) is 0 Å². The molecule has 3 aromatic rings. The lowest BCUT2D eigenvalue weighted by atomic mass is 10.2. The van der Waals surface area contributed by atoms with Gasteiger partial charge in [0.1, 0.15) is 0 Å².